The number of nitrogens with zero attached hydrogens (tertiary/aromatic N) is 2. The molecule has 1 N–H and O–H groups in total. The average molecular weight is 483 g/mol. The van der Waals surface area contributed by atoms with Gasteiger partial charge in [-0.2, -0.15) is 5.10 Å². The summed E-state index contributed by atoms with van der Waals surface area (Å²) in [4.78, 5) is 11.1. The van der Waals surface area contributed by atoms with Crippen LogP contribution in [0.25, 0.3) is 0 Å². The number of hydrogen-bond donors (Lipinski definition) is 1. The van der Waals surface area contributed by atoms with Crippen molar-refractivity contribution in [2.24, 2.45) is 10.2 Å². The zero-order chi connectivity index (χ0) is 17.6. The molecule has 0 radical (unpaired) electrons. The summed E-state index contributed by atoms with van der Waals surface area (Å²) in [6.07, 6.45) is 1.61. The maximum Gasteiger partial charge on any atom is 0.236 e. The lowest BCUT2D eigenvalue weighted by Crippen LogP contribution is -2.19. The first kappa shape index (κ1) is 18.2. The minimum absolute atomic E-state index is 0.0561. The zero-order valence-electron chi connectivity index (χ0n) is 12.9. The van der Waals surface area contributed by atoms with E-state index in [0.717, 1.165) is 20.1 Å². The Kier molecular flexibility index (Phi) is 6.28. The standard InChI is InChI=1S/C17H13Br2N3O2S/c18-13-3-1-2-11(6-13)9-24-15-5-4-14(19)7-12(15)8-20-22-17-21-16(23)10-25-17/h1-8H,9-10H2,(H,21,22,23). The predicted molar refractivity (Wildman–Crippen MR) is 108 cm³/mol. The third-order valence-corrected chi connectivity index (χ3v) is 5.04. The van der Waals surface area contributed by atoms with Gasteiger partial charge in [0.05, 0.1) is 12.0 Å². The first-order chi connectivity index (χ1) is 12.1. The van der Waals surface area contributed by atoms with Gasteiger partial charge in [0.1, 0.15) is 12.4 Å². The van der Waals surface area contributed by atoms with Gasteiger partial charge in [0.25, 0.3) is 0 Å². The SMILES string of the molecule is O=C1CSC(=NN=Cc2cc(Br)ccc2OCc2cccc(Br)c2)N1. The Balaban J connectivity index is 1.72. The third-order valence-electron chi connectivity index (χ3n) is 3.19. The molecule has 25 heavy (non-hydrogen) atoms. The van der Waals surface area contributed by atoms with E-state index in [4.69, 9.17) is 4.74 Å². The summed E-state index contributed by atoms with van der Waals surface area (Å²) >= 11 is 8.23. The first-order valence-corrected chi connectivity index (χ1v) is 9.88. The van der Waals surface area contributed by atoms with E-state index in [-0.39, 0.29) is 5.91 Å². The Labute approximate surface area is 166 Å². The van der Waals surface area contributed by atoms with Crippen LogP contribution in [0.4, 0.5) is 0 Å². The molecule has 1 amide bonds. The molecule has 8 heteroatoms. The molecule has 1 heterocycles. The smallest absolute Gasteiger partial charge is 0.236 e. The minimum Gasteiger partial charge on any atom is -0.488 e. The number of halogens is 2. The summed E-state index contributed by atoms with van der Waals surface area (Å²) in [6, 6.07) is 13.6. The van der Waals surface area contributed by atoms with Crippen molar-refractivity contribution in [1.82, 2.24) is 5.32 Å². The molecule has 5 nitrogen and oxygen atoms in total. The van der Waals surface area contributed by atoms with Gasteiger partial charge in [-0.05, 0) is 35.9 Å². The molecule has 0 aliphatic carbocycles. The van der Waals surface area contributed by atoms with Gasteiger partial charge in [0.2, 0.25) is 5.91 Å². The van der Waals surface area contributed by atoms with Crippen LogP contribution in [-0.2, 0) is 11.4 Å². The van der Waals surface area contributed by atoms with Crippen molar-refractivity contribution >= 4 is 60.9 Å². The normalized spacial score (nSPS) is 15.8. The molecule has 3 rings (SSSR count). The number of carbonyl (C=O) groups is 1. The summed E-state index contributed by atoms with van der Waals surface area (Å²) in [6.45, 7) is 0.447. The molecule has 1 aliphatic heterocycles. The molecule has 0 aromatic heterocycles. The fourth-order valence-electron chi connectivity index (χ4n) is 2.06. The minimum atomic E-state index is -0.0561. The quantitative estimate of drug-likeness (QED) is 0.509. The number of benzene rings is 2. The van der Waals surface area contributed by atoms with Crippen LogP contribution >= 0.6 is 43.6 Å². The van der Waals surface area contributed by atoms with E-state index >= 15 is 0 Å². The number of hydrogen-bond acceptors (Lipinski definition) is 5. The molecule has 128 valence electrons. The zero-order valence-corrected chi connectivity index (χ0v) is 16.9. The van der Waals surface area contributed by atoms with E-state index in [1.54, 1.807) is 6.21 Å². The highest BCUT2D eigenvalue weighted by Crippen LogP contribution is 2.23. The van der Waals surface area contributed by atoms with E-state index in [9.17, 15) is 4.79 Å². The molecule has 0 bridgehead atoms. The van der Waals surface area contributed by atoms with Crippen molar-refractivity contribution in [3.8, 4) is 5.75 Å². The van der Waals surface area contributed by atoms with Crippen LogP contribution in [-0.4, -0.2) is 23.0 Å². The van der Waals surface area contributed by atoms with Gasteiger partial charge in [-0.3, -0.25) is 4.79 Å². The number of amidine groups is 1. The Morgan fingerprint density at radius 3 is 2.80 bits per heavy atom. The predicted octanol–water partition coefficient (Wildman–Crippen LogP) is 4.34. The summed E-state index contributed by atoms with van der Waals surface area (Å²) in [5.74, 6) is 1.03. The van der Waals surface area contributed by atoms with Crippen LogP contribution < -0.4 is 10.1 Å². The number of nitrogens with one attached hydrogen (secondary N) is 1. The maximum atomic E-state index is 11.1. The maximum absolute atomic E-state index is 11.1. The van der Waals surface area contributed by atoms with Gasteiger partial charge in [-0.15, -0.1) is 5.10 Å². The Hall–Kier alpha value is -1.64. The second kappa shape index (κ2) is 8.64. The van der Waals surface area contributed by atoms with E-state index < -0.39 is 0 Å². The Morgan fingerprint density at radius 1 is 1.20 bits per heavy atom. The van der Waals surface area contributed by atoms with E-state index in [1.165, 1.54) is 11.8 Å². The molecule has 1 aliphatic rings. The summed E-state index contributed by atoms with van der Waals surface area (Å²) in [7, 11) is 0. The fourth-order valence-corrected chi connectivity index (χ4v) is 3.52. The van der Waals surface area contributed by atoms with Crippen molar-refractivity contribution < 1.29 is 9.53 Å². The lowest BCUT2D eigenvalue weighted by molar-refractivity contribution is -0.116. The van der Waals surface area contributed by atoms with Crippen molar-refractivity contribution in [3.05, 3.63) is 62.5 Å². The van der Waals surface area contributed by atoms with Crippen LogP contribution in [0, 0.1) is 0 Å². The fraction of sp³-hybridized carbons (Fsp3) is 0.118. The number of rotatable bonds is 5. The monoisotopic (exact) mass is 481 g/mol. The highest BCUT2D eigenvalue weighted by atomic mass is 79.9. The van der Waals surface area contributed by atoms with E-state index in [0.29, 0.717) is 23.3 Å². The molecule has 0 saturated carbocycles. The molecule has 1 saturated heterocycles. The van der Waals surface area contributed by atoms with Crippen LogP contribution in [0.15, 0.2) is 61.6 Å². The molecular formula is C17H13Br2N3O2S. The van der Waals surface area contributed by atoms with Crippen LogP contribution in [0.1, 0.15) is 11.1 Å². The van der Waals surface area contributed by atoms with Gasteiger partial charge >= 0.3 is 0 Å². The summed E-state index contributed by atoms with van der Waals surface area (Å²) in [5, 5.41) is 11.2. The lowest BCUT2D eigenvalue weighted by Gasteiger charge is -2.09. The highest BCUT2D eigenvalue weighted by molar-refractivity contribution is 9.10. The largest absolute Gasteiger partial charge is 0.488 e. The Bertz CT molecular complexity index is 856. The van der Waals surface area contributed by atoms with Gasteiger partial charge < -0.3 is 10.1 Å². The molecule has 1 fully saturated rings. The molecule has 0 unspecified atom stereocenters. The number of carbonyl (C=O) groups excluding carboxylic acids is 1. The van der Waals surface area contributed by atoms with Gasteiger partial charge in [-0.1, -0.05) is 55.8 Å². The number of amides is 1. The molecule has 2 aromatic rings. The van der Waals surface area contributed by atoms with Crippen molar-refractivity contribution in [2.45, 2.75) is 6.61 Å². The van der Waals surface area contributed by atoms with Crippen molar-refractivity contribution in [3.63, 3.8) is 0 Å². The lowest BCUT2D eigenvalue weighted by atomic mass is 10.2. The van der Waals surface area contributed by atoms with Gasteiger partial charge in [0, 0.05) is 14.5 Å². The molecular weight excluding hydrogens is 470 g/mol. The summed E-state index contributed by atoms with van der Waals surface area (Å²) < 4.78 is 7.85. The number of ether oxygens (including phenoxy) is 1. The van der Waals surface area contributed by atoms with E-state index in [1.807, 2.05) is 42.5 Å². The van der Waals surface area contributed by atoms with Gasteiger partial charge in [-0.25, -0.2) is 0 Å². The van der Waals surface area contributed by atoms with Gasteiger partial charge in [0.15, 0.2) is 5.17 Å². The third kappa shape index (κ3) is 5.42. The van der Waals surface area contributed by atoms with Crippen molar-refractivity contribution in [1.29, 1.82) is 0 Å². The Morgan fingerprint density at radius 2 is 2.04 bits per heavy atom. The molecule has 2 aromatic carbocycles. The van der Waals surface area contributed by atoms with Crippen molar-refractivity contribution in [2.75, 3.05) is 5.75 Å². The van der Waals surface area contributed by atoms with E-state index in [2.05, 4.69) is 47.4 Å². The van der Waals surface area contributed by atoms with Crippen LogP contribution in [0.3, 0.4) is 0 Å². The average Bonchev–Trinajstić information content (AvgIpc) is 2.99. The topological polar surface area (TPSA) is 63.0 Å². The second-order valence-electron chi connectivity index (χ2n) is 5.09. The second-order valence-corrected chi connectivity index (χ2v) is 7.88. The first-order valence-electron chi connectivity index (χ1n) is 7.30. The number of thioether (sulfide) groups is 1. The highest BCUT2D eigenvalue weighted by Gasteiger charge is 2.16. The summed E-state index contributed by atoms with van der Waals surface area (Å²) in [5.41, 5.74) is 1.86. The molecule has 0 spiro atoms. The molecule has 0 atom stereocenters. The van der Waals surface area contributed by atoms with Crippen LogP contribution in [0.5, 0.6) is 5.75 Å². The van der Waals surface area contributed by atoms with Crippen LogP contribution in [0.2, 0.25) is 0 Å².